The highest BCUT2D eigenvalue weighted by Gasteiger charge is 2.41. The van der Waals surface area contributed by atoms with E-state index in [9.17, 15) is 16.8 Å². The van der Waals surface area contributed by atoms with Crippen LogP contribution in [0.2, 0.25) is 0 Å². The average Bonchev–Trinajstić information content (AvgIpc) is 3.03. The second-order valence-corrected chi connectivity index (χ2v) is 10.2. The number of sulfonamides is 1. The molecule has 2 aliphatic rings. The van der Waals surface area contributed by atoms with Crippen molar-refractivity contribution in [3.63, 3.8) is 0 Å². The first-order chi connectivity index (χ1) is 9.85. The van der Waals surface area contributed by atoms with Crippen molar-refractivity contribution in [2.45, 2.75) is 30.6 Å². The zero-order valence-electron chi connectivity index (χ0n) is 12.3. The number of rotatable bonds is 7. The monoisotopic (exact) mass is 340 g/mol. The standard InChI is InChI=1S/C12H24N2O5S2/c1-19-7-6-14(9-11-3-2-5-13-11)21(17,18)12-4-8-20(15,16)10-12/h11-13H,2-10H2,1H3. The van der Waals surface area contributed by atoms with E-state index in [4.69, 9.17) is 4.74 Å². The molecule has 21 heavy (non-hydrogen) atoms. The molecule has 2 unspecified atom stereocenters. The minimum absolute atomic E-state index is 0.0311. The predicted octanol–water partition coefficient (Wildman–Crippen LogP) is -0.796. The Bertz CT molecular complexity index is 540. The number of hydrogen-bond donors (Lipinski definition) is 1. The Morgan fingerprint density at radius 2 is 2.10 bits per heavy atom. The van der Waals surface area contributed by atoms with E-state index in [1.54, 1.807) is 0 Å². The minimum atomic E-state index is -3.60. The molecule has 7 nitrogen and oxygen atoms in total. The van der Waals surface area contributed by atoms with Crippen LogP contribution < -0.4 is 5.32 Å². The molecular weight excluding hydrogens is 316 g/mol. The van der Waals surface area contributed by atoms with Gasteiger partial charge >= 0.3 is 0 Å². The lowest BCUT2D eigenvalue weighted by molar-refractivity contribution is 0.176. The summed E-state index contributed by atoms with van der Waals surface area (Å²) in [5.74, 6) is -0.284. The van der Waals surface area contributed by atoms with Crippen LogP contribution in [-0.4, -0.2) is 77.3 Å². The van der Waals surface area contributed by atoms with Gasteiger partial charge in [-0.15, -0.1) is 0 Å². The molecule has 0 spiro atoms. The van der Waals surface area contributed by atoms with Gasteiger partial charge in [0.2, 0.25) is 10.0 Å². The lowest BCUT2D eigenvalue weighted by Crippen LogP contribution is -2.46. The van der Waals surface area contributed by atoms with Gasteiger partial charge in [-0.05, 0) is 25.8 Å². The summed E-state index contributed by atoms with van der Waals surface area (Å²) >= 11 is 0. The van der Waals surface area contributed by atoms with Gasteiger partial charge in [-0.25, -0.2) is 16.8 Å². The maximum atomic E-state index is 12.7. The van der Waals surface area contributed by atoms with Gasteiger partial charge in [-0.2, -0.15) is 4.31 Å². The summed E-state index contributed by atoms with van der Waals surface area (Å²) in [7, 11) is -5.28. The molecular formula is C12H24N2O5S2. The predicted molar refractivity (Wildman–Crippen MR) is 80.5 cm³/mol. The zero-order chi connectivity index (χ0) is 15.5. The summed E-state index contributed by atoms with van der Waals surface area (Å²) in [4.78, 5) is 0. The molecule has 2 atom stereocenters. The molecule has 2 rings (SSSR count). The Morgan fingerprint density at radius 1 is 1.33 bits per heavy atom. The first-order valence-electron chi connectivity index (χ1n) is 7.27. The van der Waals surface area contributed by atoms with Crippen molar-refractivity contribution < 1.29 is 21.6 Å². The molecule has 0 bridgehead atoms. The third-order valence-corrected chi connectivity index (χ3v) is 8.38. The molecule has 0 aliphatic carbocycles. The molecule has 1 N–H and O–H groups in total. The van der Waals surface area contributed by atoms with Crippen LogP contribution in [0.4, 0.5) is 0 Å². The molecule has 2 fully saturated rings. The lowest BCUT2D eigenvalue weighted by atomic mass is 10.2. The Kier molecular flexibility index (Phi) is 5.64. The van der Waals surface area contributed by atoms with E-state index < -0.39 is 25.1 Å². The molecule has 9 heteroatoms. The SMILES string of the molecule is COCCN(CC1CCCN1)S(=O)(=O)C1CCS(=O)(=O)C1. The highest BCUT2D eigenvalue weighted by atomic mass is 32.2. The summed E-state index contributed by atoms with van der Waals surface area (Å²) < 4.78 is 54.9. The van der Waals surface area contributed by atoms with Crippen molar-refractivity contribution in [3.8, 4) is 0 Å². The van der Waals surface area contributed by atoms with Crippen molar-refractivity contribution in [2.75, 3.05) is 44.9 Å². The van der Waals surface area contributed by atoms with Crippen LogP contribution in [0, 0.1) is 0 Å². The fourth-order valence-electron chi connectivity index (χ4n) is 2.88. The summed E-state index contributed by atoms with van der Waals surface area (Å²) in [5.41, 5.74) is 0. The molecule has 0 amide bonds. The smallest absolute Gasteiger partial charge is 0.218 e. The molecule has 0 saturated carbocycles. The fourth-order valence-corrected chi connectivity index (χ4v) is 7.44. The Labute approximate surface area is 127 Å². The van der Waals surface area contributed by atoms with Gasteiger partial charge in [0.25, 0.3) is 0 Å². The van der Waals surface area contributed by atoms with Crippen LogP contribution >= 0.6 is 0 Å². The van der Waals surface area contributed by atoms with Gasteiger partial charge in [0, 0.05) is 26.2 Å². The van der Waals surface area contributed by atoms with Gasteiger partial charge in [0.15, 0.2) is 9.84 Å². The van der Waals surface area contributed by atoms with E-state index in [1.807, 2.05) is 0 Å². The van der Waals surface area contributed by atoms with Gasteiger partial charge in [-0.3, -0.25) is 0 Å². The number of hydrogen-bond acceptors (Lipinski definition) is 6. The van der Waals surface area contributed by atoms with Crippen molar-refractivity contribution >= 4 is 19.9 Å². The second-order valence-electron chi connectivity index (χ2n) is 5.71. The fraction of sp³-hybridized carbons (Fsp3) is 1.00. The van der Waals surface area contributed by atoms with Gasteiger partial charge in [0.1, 0.15) is 0 Å². The second kappa shape index (κ2) is 6.91. The van der Waals surface area contributed by atoms with E-state index in [0.29, 0.717) is 13.2 Å². The normalized spacial score (nSPS) is 29.2. The molecule has 124 valence electrons. The Balaban J connectivity index is 2.09. The number of nitrogens with zero attached hydrogens (tertiary/aromatic N) is 1. The quantitative estimate of drug-likeness (QED) is 0.652. The van der Waals surface area contributed by atoms with Crippen molar-refractivity contribution in [2.24, 2.45) is 0 Å². The van der Waals surface area contributed by atoms with Crippen LogP contribution in [-0.2, 0) is 24.6 Å². The molecule has 2 saturated heterocycles. The maximum Gasteiger partial charge on any atom is 0.218 e. The van der Waals surface area contributed by atoms with Crippen LogP contribution in [0.25, 0.3) is 0 Å². The lowest BCUT2D eigenvalue weighted by Gasteiger charge is -2.27. The largest absolute Gasteiger partial charge is 0.383 e. The summed E-state index contributed by atoms with van der Waals surface area (Å²) in [6, 6.07) is 0.148. The van der Waals surface area contributed by atoms with E-state index >= 15 is 0 Å². The molecule has 0 aromatic rings. The topological polar surface area (TPSA) is 92.8 Å². The van der Waals surface area contributed by atoms with E-state index in [2.05, 4.69) is 5.32 Å². The number of methoxy groups -OCH3 is 1. The first kappa shape index (κ1) is 17.1. The highest BCUT2D eigenvalue weighted by molar-refractivity contribution is 7.95. The number of nitrogens with one attached hydrogen (secondary N) is 1. The molecule has 0 radical (unpaired) electrons. The van der Waals surface area contributed by atoms with Crippen molar-refractivity contribution in [3.05, 3.63) is 0 Å². The van der Waals surface area contributed by atoms with Gasteiger partial charge in [0.05, 0.1) is 23.4 Å². The summed E-state index contributed by atoms with van der Waals surface area (Å²) in [5, 5.41) is 2.47. The molecule has 0 aromatic carbocycles. The Hall–Kier alpha value is -0.220. The highest BCUT2D eigenvalue weighted by Crippen LogP contribution is 2.23. The third-order valence-electron chi connectivity index (χ3n) is 4.10. The number of sulfone groups is 1. The Morgan fingerprint density at radius 3 is 2.62 bits per heavy atom. The van der Waals surface area contributed by atoms with Gasteiger partial charge < -0.3 is 10.1 Å². The van der Waals surface area contributed by atoms with Crippen molar-refractivity contribution in [1.82, 2.24) is 9.62 Å². The van der Waals surface area contributed by atoms with Crippen LogP contribution in [0.15, 0.2) is 0 Å². The van der Waals surface area contributed by atoms with E-state index in [1.165, 1.54) is 11.4 Å². The number of ether oxygens (including phenoxy) is 1. The maximum absolute atomic E-state index is 12.7. The van der Waals surface area contributed by atoms with Gasteiger partial charge in [-0.1, -0.05) is 0 Å². The average molecular weight is 340 g/mol. The van der Waals surface area contributed by atoms with Crippen LogP contribution in [0.5, 0.6) is 0 Å². The third kappa shape index (κ3) is 4.38. The summed E-state index contributed by atoms with van der Waals surface area (Å²) in [6.07, 6.45) is 2.19. The van der Waals surface area contributed by atoms with E-state index in [-0.39, 0.29) is 30.5 Å². The van der Waals surface area contributed by atoms with Crippen LogP contribution in [0.3, 0.4) is 0 Å². The first-order valence-corrected chi connectivity index (χ1v) is 10.6. The molecule has 2 aliphatic heterocycles. The van der Waals surface area contributed by atoms with Crippen molar-refractivity contribution in [1.29, 1.82) is 0 Å². The zero-order valence-corrected chi connectivity index (χ0v) is 14.0. The minimum Gasteiger partial charge on any atom is -0.383 e. The molecule has 0 aromatic heterocycles. The van der Waals surface area contributed by atoms with Crippen LogP contribution in [0.1, 0.15) is 19.3 Å². The van der Waals surface area contributed by atoms with E-state index in [0.717, 1.165) is 19.4 Å². The molecule has 2 heterocycles. The summed E-state index contributed by atoms with van der Waals surface area (Å²) in [6.45, 7) is 1.88.